The second-order valence-corrected chi connectivity index (χ2v) is 12.5. The monoisotopic (exact) mass is 558 g/mol. The van der Waals surface area contributed by atoms with E-state index in [9.17, 15) is 13.2 Å². The zero-order chi connectivity index (χ0) is 26.4. The smallest absolute Gasteiger partial charge is 0.256 e. The number of nitrogens with one attached hydrogen (secondary N) is 1. The number of sulfonamides is 1. The number of aromatic nitrogens is 3. The van der Waals surface area contributed by atoms with Gasteiger partial charge in [0.15, 0.2) is 5.65 Å². The van der Waals surface area contributed by atoms with Crippen molar-refractivity contribution in [3.63, 3.8) is 0 Å². The van der Waals surface area contributed by atoms with Crippen LogP contribution in [0.4, 0.5) is 11.5 Å². The summed E-state index contributed by atoms with van der Waals surface area (Å²) >= 11 is 6.23. The van der Waals surface area contributed by atoms with Gasteiger partial charge in [-0.15, -0.1) is 0 Å². The molecule has 1 N–H and O–H groups in total. The highest BCUT2D eigenvalue weighted by Crippen LogP contribution is 2.41. The Kier molecular flexibility index (Phi) is 6.69. The average Bonchev–Trinajstić information content (AvgIpc) is 3.67. The molecule has 0 spiro atoms. The molecule has 12 heteroatoms. The predicted octanol–water partition coefficient (Wildman–Crippen LogP) is 3.84. The Morgan fingerprint density at radius 1 is 1.05 bits per heavy atom. The van der Waals surface area contributed by atoms with Crippen molar-refractivity contribution in [2.75, 3.05) is 48.7 Å². The minimum Gasteiger partial charge on any atom is -0.378 e. The van der Waals surface area contributed by atoms with Gasteiger partial charge in [-0.3, -0.25) is 9.52 Å². The number of anilines is 2. The lowest BCUT2D eigenvalue weighted by Gasteiger charge is -2.35. The van der Waals surface area contributed by atoms with Crippen LogP contribution in [0.3, 0.4) is 0 Å². The fourth-order valence-electron chi connectivity index (χ4n) is 5.38. The number of likely N-dealkylation sites (tertiary alicyclic amines) is 1. The highest BCUT2D eigenvalue weighted by atomic mass is 35.5. The quantitative estimate of drug-likeness (QED) is 0.489. The van der Waals surface area contributed by atoms with Crippen LogP contribution in [0.25, 0.3) is 5.65 Å². The van der Waals surface area contributed by atoms with Crippen molar-refractivity contribution < 1.29 is 17.9 Å². The van der Waals surface area contributed by atoms with Crippen LogP contribution in [0.1, 0.15) is 65.8 Å². The van der Waals surface area contributed by atoms with Crippen LogP contribution in [0.5, 0.6) is 0 Å². The molecule has 2 aromatic heterocycles. The van der Waals surface area contributed by atoms with Crippen molar-refractivity contribution in [1.29, 1.82) is 0 Å². The Hall–Kier alpha value is -2.89. The molecule has 0 radical (unpaired) electrons. The number of ether oxygens (including phenoxy) is 1. The zero-order valence-corrected chi connectivity index (χ0v) is 22.8. The molecule has 1 aromatic carbocycles. The van der Waals surface area contributed by atoms with E-state index in [1.807, 2.05) is 10.6 Å². The molecule has 1 atom stereocenters. The van der Waals surface area contributed by atoms with E-state index < -0.39 is 10.0 Å². The van der Waals surface area contributed by atoms with Gasteiger partial charge in [0, 0.05) is 48.4 Å². The average molecular weight is 559 g/mol. The lowest BCUT2D eigenvalue weighted by atomic mass is 9.98. The van der Waals surface area contributed by atoms with E-state index in [0.717, 1.165) is 74.3 Å². The van der Waals surface area contributed by atoms with Gasteiger partial charge in [0.1, 0.15) is 5.82 Å². The highest BCUT2D eigenvalue weighted by molar-refractivity contribution is 7.92. The number of amides is 1. The van der Waals surface area contributed by atoms with E-state index in [2.05, 4.69) is 15.7 Å². The van der Waals surface area contributed by atoms with Crippen molar-refractivity contribution in [3.8, 4) is 0 Å². The second-order valence-electron chi connectivity index (χ2n) is 10.3. The van der Waals surface area contributed by atoms with Gasteiger partial charge in [-0.1, -0.05) is 11.6 Å². The number of morpholine rings is 1. The molecule has 1 amide bonds. The molecule has 3 fully saturated rings. The maximum atomic E-state index is 13.9. The van der Waals surface area contributed by atoms with E-state index in [-0.39, 0.29) is 23.2 Å². The summed E-state index contributed by atoms with van der Waals surface area (Å²) < 4.78 is 33.9. The number of carbonyl (C=O) groups is 1. The normalized spacial score (nSPS) is 20.6. The molecule has 202 valence electrons. The third kappa shape index (κ3) is 5.19. The van der Waals surface area contributed by atoms with Gasteiger partial charge in [0.2, 0.25) is 10.0 Å². The zero-order valence-electron chi connectivity index (χ0n) is 21.3. The van der Waals surface area contributed by atoms with Crippen molar-refractivity contribution in [2.24, 2.45) is 0 Å². The summed E-state index contributed by atoms with van der Waals surface area (Å²) in [5.41, 5.74) is 3.10. The Labute approximate surface area is 227 Å². The number of piperidine rings is 1. The molecule has 6 rings (SSSR count). The van der Waals surface area contributed by atoms with Crippen LogP contribution >= 0.6 is 11.6 Å². The van der Waals surface area contributed by atoms with E-state index in [0.29, 0.717) is 30.7 Å². The first-order valence-electron chi connectivity index (χ1n) is 13.1. The minimum absolute atomic E-state index is 0.214. The third-order valence-corrected chi connectivity index (χ3v) is 8.22. The summed E-state index contributed by atoms with van der Waals surface area (Å²) in [6, 6.07) is 8.51. The summed E-state index contributed by atoms with van der Waals surface area (Å²) in [6.07, 6.45) is 5.94. The molecular weight excluding hydrogens is 528 g/mol. The summed E-state index contributed by atoms with van der Waals surface area (Å²) in [4.78, 5) is 22.9. The first-order valence-corrected chi connectivity index (χ1v) is 15.4. The van der Waals surface area contributed by atoms with Gasteiger partial charge >= 0.3 is 0 Å². The molecule has 0 bridgehead atoms. The Balaban J connectivity index is 1.38. The molecule has 1 unspecified atom stereocenters. The summed E-state index contributed by atoms with van der Waals surface area (Å²) in [5, 5.41) is 5.36. The van der Waals surface area contributed by atoms with Crippen molar-refractivity contribution in [2.45, 2.75) is 44.1 Å². The number of carbonyl (C=O) groups excluding carboxylic acids is 1. The minimum atomic E-state index is -3.58. The fourth-order valence-corrected chi connectivity index (χ4v) is 6.13. The highest BCUT2D eigenvalue weighted by Gasteiger charge is 2.33. The van der Waals surface area contributed by atoms with E-state index >= 15 is 0 Å². The van der Waals surface area contributed by atoms with Crippen LogP contribution in [-0.4, -0.2) is 72.9 Å². The number of rotatable bonds is 6. The first kappa shape index (κ1) is 25.4. The van der Waals surface area contributed by atoms with E-state index in [1.165, 1.54) is 12.1 Å². The largest absolute Gasteiger partial charge is 0.378 e. The van der Waals surface area contributed by atoms with Crippen LogP contribution in [-0.2, 0) is 14.8 Å². The lowest BCUT2D eigenvalue weighted by Crippen LogP contribution is -2.39. The fraction of sp³-hybridized carbons (Fsp3) is 0.500. The Morgan fingerprint density at radius 3 is 2.58 bits per heavy atom. The molecule has 10 nitrogen and oxygen atoms in total. The standard InChI is InChI=1S/C26H31ClN6O4S/c1-38(35,36)30-20-8-7-18(27)14-19(20)26(34)32-9-3-2-4-23(32)22-15-24-28-21(17-5-6-17)16-25(33(24)29-22)31-10-12-37-13-11-31/h7-8,14-17,23,30H,2-6,9-13H2,1H3. The van der Waals surface area contributed by atoms with Crippen molar-refractivity contribution >= 4 is 44.7 Å². The van der Waals surface area contributed by atoms with Gasteiger partial charge in [0.25, 0.3) is 5.91 Å². The van der Waals surface area contributed by atoms with Crippen LogP contribution < -0.4 is 9.62 Å². The summed E-state index contributed by atoms with van der Waals surface area (Å²) in [5.74, 6) is 1.23. The van der Waals surface area contributed by atoms with Gasteiger partial charge in [-0.05, 0) is 50.3 Å². The van der Waals surface area contributed by atoms with Crippen LogP contribution in [0, 0.1) is 0 Å². The number of halogens is 1. The molecule has 2 saturated heterocycles. The van der Waals surface area contributed by atoms with Crippen molar-refractivity contribution in [1.82, 2.24) is 19.5 Å². The SMILES string of the molecule is CS(=O)(=O)Nc1ccc(Cl)cc1C(=O)N1CCCCC1c1cc2nc(C3CC3)cc(N3CCOCC3)n2n1. The maximum Gasteiger partial charge on any atom is 0.256 e. The number of hydrogen-bond acceptors (Lipinski definition) is 7. The number of hydrogen-bond donors (Lipinski definition) is 1. The topological polar surface area (TPSA) is 109 Å². The van der Waals surface area contributed by atoms with E-state index in [4.69, 9.17) is 26.4 Å². The van der Waals surface area contributed by atoms with Crippen LogP contribution in [0.15, 0.2) is 30.3 Å². The van der Waals surface area contributed by atoms with Crippen molar-refractivity contribution in [3.05, 3.63) is 52.3 Å². The second kappa shape index (κ2) is 10.0. The lowest BCUT2D eigenvalue weighted by molar-refractivity contribution is 0.0607. The van der Waals surface area contributed by atoms with Gasteiger partial charge in [-0.2, -0.15) is 9.61 Å². The maximum absolute atomic E-state index is 13.9. The van der Waals surface area contributed by atoms with Gasteiger partial charge in [0.05, 0.1) is 42.5 Å². The first-order chi connectivity index (χ1) is 18.3. The number of fused-ring (bicyclic) bond motifs is 1. The van der Waals surface area contributed by atoms with E-state index in [1.54, 1.807) is 11.0 Å². The molecule has 1 aliphatic carbocycles. The predicted molar refractivity (Wildman–Crippen MR) is 146 cm³/mol. The molecule has 3 aliphatic rings. The Bertz CT molecular complexity index is 1480. The summed E-state index contributed by atoms with van der Waals surface area (Å²) in [7, 11) is -3.58. The molecular formula is C26H31ClN6O4S. The molecule has 1 saturated carbocycles. The van der Waals surface area contributed by atoms with Gasteiger partial charge in [-0.25, -0.2) is 13.4 Å². The molecule has 3 aromatic rings. The number of benzene rings is 1. The van der Waals surface area contributed by atoms with Crippen LogP contribution in [0.2, 0.25) is 5.02 Å². The molecule has 2 aliphatic heterocycles. The molecule has 38 heavy (non-hydrogen) atoms. The number of nitrogens with zero attached hydrogens (tertiary/aromatic N) is 5. The third-order valence-electron chi connectivity index (χ3n) is 7.39. The van der Waals surface area contributed by atoms with Gasteiger partial charge < -0.3 is 14.5 Å². The Morgan fingerprint density at radius 2 is 1.84 bits per heavy atom. The summed E-state index contributed by atoms with van der Waals surface area (Å²) in [6.45, 7) is 3.46. The molecule has 4 heterocycles.